The predicted molar refractivity (Wildman–Crippen MR) is 85.1 cm³/mol. The largest absolute Gasteiger partial charge is 0.384 e. The number of aliphatic hydroxyl groups excluding tert-OH is 1. The minimum Gasteiger partial charge on any atom is -0.384 e. The van der Waals surface area contributed by atoms with E-state index >= 15 is 0 Å². The minimum atomic E-state index is 0.0661. The van der Waals surface area contributed by atoms with Crippen molar-refractivity contribution in [3.8, 4) is 0 Å². The Kier molecular flexibility index (Phi) is 8.68. The van der Waals surface area contributed by atoms with E-state index in [1.54, 1.807) is 0 Å². The van der Waals surface area contributed by atoms with E-state index < -0.39 is 0 Å². The van der Waals surface area contributed by atoms with Gasteiger partial charge in [-0.3, -0.25) is 0 Å². The predicted octanol–water partition coefficient (Wildman–Crippen LogP) is 3.79. The lowest BCUT2D eigenvalue weighted by Crippen LogP contribution is -2.36. The van der Waals surface area contributed by atoms with Gasteiger partial charge < -0.3 is 5.11 Å². The lowest BCUT2D eigenvalue weighted by Gasteiger charge is -1.95. The number of halogens is 1. The van der Waals surface area contributed by atoms with Crippen LogP contribution in [0.25, 0.3) is 11.0 Å². The second-order valence-electron chi connectivity index (χ2n) is 3.51. The fourth-order valence-corrected chi connectivity index (χ4v) is 2.35. The van der Waals surface area contributed by atoms with Crippen LogP contribution >= 0.6 is 15.9 Å². The Labute approximate surface area is 125 Å². The highest BCUT2D eigenvalue weighted by Crippen LogP contribution is 2.19. The number of hydrogen-bond donors (Lipinski definition) is 1. The van der Waals surface area contributed by atoms with E-state index in [9.17, 15) is 5.11 Å². The van der Waals surface area contributed by atoms with Crippen molar-refractivity contribution >= 4 is 27.0 Å². The lowest BCUT2D eigenvalue weighted by molar-refractivity contribution is -0.678. The molecule has 19 heavy (non-hydrogen) atoms. The summed E-state index contributed by atoms with van der Waals surface area (Å²) in [5, 5.41) is 9.35. The summed E-state index contributed by atoms with van der Waals surface area (Å²) in [7, 11) is 1.98. The number of aliphatic hydroxyl groups is 1. The van der Waals surface area contributed by atoms with Crippen molar-refractivity contribution in [2.75, 3.05) is 0 Å². The van der Waals surface area contributed by atoms with Gasteiger partial charge in [0.25, 0.3) is 5.82 Å². The molecule has 0 bridgehead atoms. The SMILES string of the molecule is CC.CC.CC[n+]1c(CO)n(C)c2cc(Br)ccc21. The van der Waals surface area contributed by atoms with Gasteiger partial charge in [0.05, 0.1) is 13.6 Å². The van der Waals surface area contributed by atoms with E-state index in [0.717, 1.165) is 27.9 Å². The molecule has 0 atom stereocenters. The average Bonchev–Trinajstić information content (AvgIpc) is 2.74. The summed E-state index contributed by atoms with van der Waals surface area (Å²) in [6.45, 7) is 11.0. The standard InChI is InChI=1S/C11H14BrN2O.2C2H6/c1-3-14-9-5-4-8(12)6-10(9)13(2)11(14)7-15;2*1-2/h4-6,15H,3,7H2,1-2H3;2*1-2H3/q+1;;. The number of fused-ring (bicyclic) bond motifs is 1. The number of hydrogen-bond acceptors (Lipinski definition) is 1. The normalized spacial score (nSPS) is 9.47. The number of imidazole rings is 1. The van der Waals surface area contributed by atoms with Crippen molar-refractivity contribution in [3.63, 3.8) is 0 Å². The van der Waals surface area contributed by atoms with Gasteiger partial charge in [-0.2, -0.15) is 0 Å². The number of nitrogens with zero attached hydrogens (tertiary/aromatic N) is 2. The summed E-state index contributed by atoms with van der Waals surface area (Å²) in [4.78, 5) is 0. The monoisotopic (exact) mass is 329 g/mol. The van der Waals surface area contributed by atoms with Crippen molar-refractivity contribution in [1.82, 2.24) is 4.57 Å². The molecule has 0 amide bonds. The summed E-state index contributed by atoms with van der Waals surface area (Å²) < 4.78 is 5.22. The van der Waals surface area contributed by atoms with Gasteiger partial charge in [-0.15, -0.1) is 0 Å². The highest BCUT2D eigenvalue weighted by Gasteiger charge is 2.20. The minimum absolute atomic E-state index is 0.0661. The van der Waals surface area contributed by atoms with Gasteiger partial charge in [-0.05, 0) is 19.1 Å². The maximum atomic E-state index is 9.35. The third-order valence-corrected chi connectivity index (χ3v) is 3.24. The molecule has 0 aliphatic heterocycles. The Morgan fingerprint density at radius 2 is 1.79 bits per heavy atom. The Hall–Kier alpha value is -0.870. The Balaban J connectivity index is 0.000000741. The molecule has 4 heteroatoms. The third kappa shape index (κ3) is 3.80. The molecular formula is C15H26BrN2O+. The smallest absolute Gasteiger partial charge is 0.283 e. The van der Waals surface area contributed by atoms with E-state index in [1.807, 2.05) is 45.4 Å². The summed E-state index contributed by atoms with van der Waals surface area (Å²) in [6.07, 6.45) is 0. The van der Waals surface area contributed by atoms with Gasteiger partial charge in [0.1, 0.15) is 6.61 Å². The van der Waals surface area contributed by atoms with Crippen molar-refractivity contribution < 1.29 is 9.67 Å². The number of benzene rings is 1. The molecule has 2 aromatic rings. The van der Waals surface area contributed by atoms with Crippen LogP contribution in [0, 0.1) is 0 Å². The molecule has 0 unspecified atom stereocenters. The fourth-order valence-electron chi connectivity index (χ4n) is 2.00. The summed E-state index contributed by atoms with van der Waals surface area (Å²) in [5.74, 6) is 0.936. The average molecular weight is 330 g/mol. The maximum Gasteiger partial charge on any atom is 0.283 e. The van der Waals surface area contributed by atoms with Crippen LogP contribution < -0.4 is 4.57 Å². The molecule has 1 aromatic heterocycles. The van der Waals surface area contributed by atoms with Gasteiger partial charge in [-0.1, -0.05) is 43.6 Å². The maximum absolute atomic E-state index is 9.35. The van der Waals surface area contributed by atoms with Crippen LogP contribution in [0.3, 0.4) is 0 Å². The molecule has 0 saturated carbocycles. The molecule has 3 nitrogen and oxygen atoms in total. The lowest BCUT2D eigenvalue weighted by atomic mass is 10.3. The topological polar surface area (TPSA) is 29.0 Å². The molecule has 2 rings (SSSR count). The van der Waals surface area contributed by atoms with Crippen molar-refractivity contribution in [2.45, 2.75) is 47.8 Å². The summed E-state index contributed by atoms with van der Waals surface area (Å²) in [6, 6.07) is 6.17. The molecule has 1 aromatic carbocycles. The molecule has 0 aliphatic carbocycles. The first-order valence-corrected chi connectivity index (χ1v) is 7.75. The molecule has 0 radical (unpaired) electrons. The number of aromatic nitrogens is 2. The van der Waals surface area contributed by atoms with Gasteiger partial charge in [0.15, 0.2) is 11.0 Å². The first-order chi connectivity index (χ1) is 9.19. The van der Waals surface area contributed by atoms with Crippen LogP contribution in [-0.4, -0.2) is 9.67 Å². The zero-order valence-electron chi connectivity index (χ0n) is 12.9. The van der Waals surface area contributed by atoms with Gasteiger partial charge in [0.2, 0.25) is 0 Å². The second-order valence-corrected chi connectivity index (χ2v) is 4.43. The van der Waals surface area contributed by atoms with E-state index in [1.165, 1.54) is 0 Å². The van der Waals surface area contributed by atoms with E-state index in [2.05, 4.69) is 39.6 Å². The van der Waals surface area contributed by atoms with Crippen LogP contribution in [0.1, 0.15) is 40.4 Å². The van der Waals surface area contributed by atoms with Gasteiger partial charge in [-0.25, -0.2) is 9.13 Å². The first kappa shape index (κ1) is 18.1. The molecule has 0 saturated heterocycles. The summed E-state index contributed by atoms with van der Waals surface area (Å²) in [5.41, 5.74) is 2.29. The molecule has 1 N–H and O–H groups in total. The highest BCUT2D eigenvalue weighted by atomic mass is 79.9. The van der Waals surface area contributed by atoms with Crippen LogP contribution in [0.15, 0.2) is 22.7 Å². The van der Waals surface area contributed by atoms with Gasteiger partial charge >= 0.3 is 0 Å². The second kappa shape index (κ2) is 9.10. The van der Waals surface area contributed by atoms with Crippen molar-refractivity contribution in [3.05, 3.63) is 28.5 Å². The first-order valence-electron chi connectivity index (χ1n) is 6.96. The molecule has 0 aliphatic rings. The quantitative estimate of drug-likeness (QED) is 0.834. The van der Waals surface area contributed by atoms with E-state index in [4.69, 9.17) is 0 Å². The Morgan fingerprint density at radius 3 is 2.26 bits per heavy atom. The molecule has 0 fully saturated rings. The zero-order valence-corrected chi connectivity index (χ0v) is 14.5. The van der Waals surface area contributed by atoms with Crippen molar-refractivity contribution in [1.29, 1.82) is 0 Å². The Morgan fingerprint density at radius 1 is 1.21 bits per heavy atom. The van der Waals surface area contributed by atoms with Crippen LogP contribution in [0.4, 0.5) is 0 Å². The molecule has 1 heterocycles. The van der Waals surface area contributed by atoms with E-state index in [0.29, 0.717) is 0 Å². The molecular weight excluding hydrogens is 304 g/mol. The zero-order chi connectivity index (χ0) is 15.0. The third-order valence-electron chi connectivity index (χ3n) is 2.75. The molecule has 108 valence electrons. The van der Waals surface area contributed by atoms with E-state index in [-0.39, 0.29) is 6.61 Å². The molecule has 0 spiro atoms. The van der Waals surface area contributed by atoms with Crippen LogP contribution in [-0.2, 0) is 20.2 Å². The van der Waals surface area contributed by atoms with Crippen LogP contribution in [0.2, 0.25) is 0 Å². The fraction of sp³-hybridized carbons (Fsp3) is 0.533. The van der Waals surface area contributed by atoms with Crippen LogP contribution in [0.5, 0.6) is 0 Å². The highest BCUT2D eigenvalue weighted by molar-refractivity contribution is 9.10. The number of aryl methyl sites for hydroxylation is 2. The Bertz CT molecular complexity index is 506. The number of rotatable bonds is 2. The summed E-state index contributed by atoms with van der Waals surface area (Å²) >= 11 is 3.46. The van der Waals surface area contributed by atoms with Crippen molar-refractivity contribution in [2.24, 2.45) is 7.05 Å². The van der Waals surface area contributed by atoms with Gasteiger partial charge in [0, 0.05) is 10.5 Å².